The molecule has 1 aliphatic rings. The van der Waals surface area contributed by atoms with Crippen molar-refractivity contribution in [1.82, 2.24) is 15.2 Å². The average Bonchev–Trinajstić information content (AvgIpc) is 2.71. The van der Waals surface area contributed by atoms with Gasteiger partial charge >= 0.3 is 5.97 Å². The van der Waals surface area contributed by atoms with E-state index < -0.39 is 0 Å². The van der Waals surface area contributed by atoms with E-state index in [1.807, 2.05) is 27.0 Å². The largest absolute Gasteiger partial charge is 0.465 e. The Morgan fingerprint density at radius 3 is 2.29 bits per heavy atom. The lowest BCUT2D eigenvalue weighted by atomic mass is 10.0. The summed E-state index contributed by atoms with van der Waals surface area (Å²) in [4.78, 5) is 20.5. The lowest BCUT2D eigenvalue weighted by Crippen LogP contribution is -2.42. The summed E-state index contributed by atoms with van der Waals surface area (Å²) < 4.78 is 4.88. The fraction of sp³-hybridized carbons (Fsp3) is 0.727. The molecule has 0 radical (unpaired) electrons. The highest BCUT2D eigenvalue weighted by molar-refractivity contribution is 5.71. The van der Waals surface area contributed by atoms with Crippen molar-refractivity contribution in [3.8, 4) is 0 Å². The Balaban J connectivity index is 0.00000133. The van der Waals surface area contributed by atoms with E-state index in [4.69, 9.17) is 4.74 Å². The molecule has 6 nitrogen and oxygen atoms in total. The van der Waals surface area contributed by atoms with Crippen LogP contribution in [0.15, 0.2) is 18.3 Å². The summed E-state index contributed by atoms with van der Waals surface area (Å²) in [5, 5.41) is 3.07. The number of carbonyl (C=O) groups is 1. The molecule has 1 saturated heterocycles. The Labute approximate surface area is 172 Å². The summed E-state index contributed by atoms with van der Waals surface area (Å²) in [7, 11) is 4.30. The third-order valence-corrected chi connectivity index (χ3v) is 4.23. The van der Waals surface area contributed by atoms with Gasteiger partial charge in [0.1, 0.15) is 5.82 Å². The molecule has 0 unspecified atom stereocenters. The first-order chi connectivity index (χ1) is 13.5. The molecule has 0 bridgehead atoms. The lowest BCUT2D eigenvalue weighted by Gasteiger charge is -2.35. The van der Waals surface area contributed by atoms with Gasteiger partial charge in [-0.2, -0.15) is 0 Å². The molecule has 0 amide bonds. The van der Waals surface area contributed by atoms with Gasteiger partial charge in [-0.25, -0.2) is 4.98 Å². The van der Waals surface area contributed by atoms with E-state index in [2.05, 4.69) is 60.2 Å². The zero-order chi connectivity index (χ0) is 21.4. The van der Waals surface area contributed by atoms with Gasteiger partial charge in [0.05, 0.1) is 13.2 Å². The summed E-state index contributed by atoms with van der Waals surface area (Å²) in [6.07, 6.45) is 5.49. The van der Waals surface area contributed by atoms with Crippen LogP contribution in [0, 0.1) is 0 Å². The van der Waals surface area contributed by atoms with Crippen LogP contribution in [0.3, 0.4) is 0 Å². The number of carbonyl (C=O) groups excluding carboxylic acids is 1. The SMILES string of the molecule is CC.CCC.CCOC(=O)CNCc1ccc(N2CCC(N(C)C)CC2)nc1. The van der Waals surface area contributed by atoms with Crippen LogP contribution in [-0.2, 0) is 16.1 Å². The minimum absolute atomic E-state index is 0.221. The van der Waals surface area contributed by atoms with Crippen molar-refractivity contribution in [1.29, 1.82) is 0 Å². The smallest absolute Gasteiger partial charge is 0.319 e. The Bertz CT molecular complexity index is 498. The van der Waals surface area contributed by atoms with Crippen LogP contribution in [-0.4, -0.2) is 62.2 Å². The minimum atomic E-state index is -0.221. The number of ether oxygens (including phenoxy) is 1. The van der Waals surface area contributed by atoms with Crippen molar-refractivity contribution in [3.63, 3.8) is 0 Å². The first-order valence-electron chi connectivity index (χ1n) is 10.7. The second-order valence-corrected chi connectivity index (χ2v) is 6.82. The predicted octanol–water partition coefficient (Wildman–Crippen LogP) is 3.71. The number of esters is 1. The monoisotopic (exact) mass is 394 g/mol. The fourth-order valence-electron chi connectivity index (χ4n) is 2.84. The molecule has 0 aliphatic carbocycles. The van der Waals surface area contributed by atoms with Crippen LogP contribution in [0.5, 0.6) is 0 Å². The normalized spacial score (nSPS) is 13.9. The maximum absolute atomic E-state index is 11.3. The second kappa shape index (κ2) is 16.3. The number of piperidine rings is 1. The molecule has 1 aliphatic heterocycles. The topological polar surface area (TPSA) is 57.7 Å². The molecule has 0 spiro atoms. The van der Waals surface area contributed by atoms with Crippen molar-refractivity contribution in [2.45, 2.75) is 66.5 Å². The van der Waals surface area contributed by atoms with E-state index in [0.717, 1.165) is 24.5 Å². The lowest BCUT2D eigenvalue weighted by molar-refractivity contribution is -0.142. The molecule has 2 heterocycles. The second-order valence-electron chi connectivity index (χ2n) is 6.82. The molecule has 0 atom stereocenters. The van der Waals surface area contributed by atoms with Gasteiger partial charge in [0.2, 0.25) is 0 Å². The third-order valence-electron chi connectivity index (χ3n) is 4.23. The number of nitrogens with one attached hydrogen (secondary N) is 1. The summed E-state index contributed by atoms with van der Waals surface area (Å²) in [5.74, 6) is 0.817. The van der Waals surface area contributed by atoms with Crippen molar-refractivity contribution >= 4 is 11.8 Å². The number of pyridine rings is 1. The van der Waals surface area contributed by atoms with Gasteiger partial charge < -0.3 is 19.9 Å². The van der Waals surface area contributed by atoms with Crippen LogP contribution in [0.1, 0.15) is 59.4 Å². The maximum Gasteiger partial charge on any atom is 0.319 e. The van der Waals surface area contributed by atoms with Crippen molar-refractivity contribution in [3.05, 3.63) is 23.9 Å². The molecule has 0 saturated carbocycles. The van der Waals surface area contributed by atoms with Gasteiger partial charge in [-0.3, -0.25) is 4.79 Å². The summed E-state index contributed by atoms with van der Waals surface area (Å²) in [6.45, 7) is 13.4. The Morgan fingerprint density at radius 2 is 1.82 bits per heavy atom. The molecule has 1 N–H and O–H groups in total. The number of hydrogen-bond donors (Lipinski definition) is 1. The van der Waals surface area contributed by atoms with Crippen molar-refractivity contribution in [2.75, 3.05) is 45.2 Å². The van der Waals surface area contributed by atoms with E-state index >= 15 is 0 Å². The molecule has 1 aromatic rings. The first kappa shape index (κ1) is 26.3. The molecule has 6 heteroatoms. The van der Waals surface area contributed by atoms with Crippen LogP contribution in [0.4, 0.5) is 5.82 Å². The van der Waals surface area contributed by atoms with Crippen molar-refractivity contribution in [2.24, 2.45) is 0 Å². The van der Waals surface area contributed by atoms with Gasteiger partial charge in [0.25, 0.3) is 0 Å². The quantitative estimate of drug-likeness (QED) is 0.712. The first-order valence-corrected chi connectivity index (χ1v) is 10.7. The van der Waals surface area contributed by atoms with Gasteiger partial charge in [0, 0.05) is 31.9 Å². The maximum atomic E-state index is 11.3. The van der Waals surface area contributed by atoms with E-state index in [-0.39, 0.29) is 12.5 Å². The zero-order valence-corrected chi connectivity index (χ0v) is 19.1. The molecule has 1 fully saturated rings. The third kappa shape index (κ3) is 10.6. The molecular weight excluding hydrogens is 352 g/mol. The average molecular weight is 395 g/mol. The van der Waals surface area contributed by atoms with Crippen molar-refractivity contribution < 1.29 is 9.53 Å². The van der Waals surface area contributed by atoms with Crippen LogP contribution in [0.2, 0.25) is 0 Å². The number of aromatic nitrogens is 1. The van der Waals surface area contributed by atoms with Gasteiger partial charge in [-0.1, -0.05) is 40.2 Å². The van der Waals surface area contributed by atoms with E-state index in [9.17, 15) is 4.79 Å². The predicted molar refractivity (Wildman–Crippen MR) is 119 cm³/mol. The summed E-state index contributed by atoms with van der Waals surface area (Å²) in [6, 6.07) is 4.81. The molecule has 162 valence electrons. The number of rotatable bonds is 7. The van der Waals surface area contributed by atoms with Crippen LogP contribution < -0.4 is 10.2 Å². The number of anilines is 1. The number of hydrogen-bond acceptors (Lipinski definition) is 6. The number of nitrogens with zero attached hydrogens (tertiary/aromatic N) is 3. The Morgan fingerprint density at radius 1 is 1.21 bits per heavy atom. The van der Waals surface area contributed by atoms with Crippen LogP contribution >= 0.6 is 0 Å². The van der Waals surface area contributed by atoms with E-state index in [1.54, 1.807) is 0 Å². The summed E-state index contributed by atoms with van der Waals surface area (Å²) in [5.41, 5.74) is 1.07. The molecule has 1 aromatic heterocycles. The summed E-state index contributed by atoms with van der Waals surface area (Å²) >= 11 is 0. The molecule has 2 rings (SSSR count). The highest BCUT2D eigenvalue weighted by atomic mass is 16.5. The van der Waals surface area contributed by atoms with Gasteiger partial charge in [0.15, 0.2) is 0 Å². The van der Waals surface area contributed by atoms with Gasteiger partial charge in [-0.15, -0.1) is 0 Å². The zero-order valence-electron chi connectivity index (χ0n) is 19.1. The standard InChI is InChI=1S/C17H28N4O2.C3H8.C2H6/c1-4-23-17(22)13-18-11-14-5-6-16(19-12-14)21-9-7-15(8-10-21)20(2)3;1-3-2;1-2/h5-6,12,15,18H,4,7-11,13H2,1-3H3;3H2,1-2H3;1-2H3. The van der Waals surface area contributed by atoms with E-state index in [1.165, 1.54) is 19.3 Å². The molecule has 0 aromatic carbocycles. The fourth-order valence-corrected chi connectivity index (χ4v) is 2.84. The Hall–Kier alpha value is -1.66. The highest BCUT2D eigenvalue weighted by Gasteiger charge is 2.21. The highest BCUT2D eigenvalue weighted by Crippen LogP contribution is 2.20. The Kier molecular flexibility index (Phi) is 15.3. The van der Waals surface area contributed by atoms with E-state index in [0.29, 0.717) is 19.2 Å². The minimum Gasteiger partial charge on any atom is -0.465 e. The molecular formula is C22H42N4O2. The van der Waals surface area contributed by atoms with Crippen LogP contribution in [0.25, 0.3) is 0 Å². The van der Waals surface area contributed by atoms with Gasteiger partial charge in [-0.05, 0) is 45.5 Å². The molecule has 28 heavy (non-hydrogen) atoms.